The lowest BCUT2D eigenvalue weighted by Crippen LogP contribution is -2.62. The van der Waals surface area contributed by atoms with Crippen molar-refractivity contribution in [2.24, 2.45) is 5.73 Å². The van der Waals surface area contributed by atoms with Crippen molar-refractivity contribution in [3.8, 4) is 0 Å². The summed E-state index contributed by atoms with van der Waals surface area (Å²) >= 11 is 0. The predicted octanol–water partition coefficient (Wildman–Crippen LogP) is 0.162. The van der Waals surface area contributed by atoms with Crippen LogP contribution in [0.3, 0.4) is 0 Å². The fraction of sp³-hybridized carbons (Fsp3) is 0.917. The molecule has 1 saturated heterocycles. The molecule has 0 bridgehead atoms. The van der Waals surface area contributed by atoms with E-state index in [1.54, 1.807) is 6.92 Å². The first-order valence-corrected chi connectivity index (χ1v) is 6.26. The van der Waals surface area contributed by atoms with E-state index in [0.29, 0.717) is 32.5 Å². The predicted molar refractivity (Wildman–Crippen MR) is 65.5 cm³/mol. The zero-order chi connectivity index (χ0) is 12.9. The summed E-state index contributed by atoms with van der Waals surface area (Å²) in [5.74, 6) is -0.185. The minimum absolute atomic E-state index is 0.0652. The fourth-order valence-corrected chi connectivity index (χ4v) is 2.10. The van der Waals surface area contributed by atoms with Crippen LogP contribution in [-0.4, -0.2) is 41.9 Å². The maximum atomic E-state index is 12.1. The number of hydrogen-bond donors (Lipinski definition) is 3. The zero-order valence-electron chi connectivity index (χ0n) is 10.8. The Morgan fingerprint density at radius 3 is 2.59 bits per heavy atom. The van der Waals surface area contributed by atoms with E-state index in [1.807, 2.05) is 6.92 Å². The Bertz CT molecular complexity index is 260. The van der Waals surface area contributed by atoms with Crippen LogP contribution in [0.5, 0.6) is 0 Å². The summed E-state index contributed by atoms with van der Waals surface area (Å²) in [6.07, 6.45) is 2.77. The van der Waals surface area contributed by atoms with E-state index in [4.69, 9.17) is 10.5 Å². The molecule has 1 heterocycles. The molecule has 1 amide bonds. The number of nitrogens with one attached hydrogen (secondary N) is 1. The summed E-state index contributed by atoms with van der Waals surface area (Å²) in [7, 11) is 0. The van der Waals surface area contributed by atoms with Crippen LogP contribution in [0.1, 0.15) is 39.5 Å². The van der Waals surface area contributed by atoms with Crippen LogP contribution in [0, 0.1) is 0 Å². The molecule has 17 heavy (non-hydrogen) atoms. The first-order chi connectivity index (χ1) is 7.96. The lowest BCUT2D eigenvalue weighted by atomic mass is 9.88. The van der Waals surface area contributed by atoms with Gasteiger partial charge in [0.15, 0.2) is 0 Å². The van der Waals surface area contributed by atoms with Gasteiger partial charge in [-0.05, 0) is 26.2 Å². The van der Waals surface area contributed by atoms with Crippen molar-refractivity contribution in [1.29, 1.82) is 0 Å². The molecule has 0 saturated carbocycles. The van der Waals surface area contributed by atoms with Gasteiger partial charge in [-0.2, -0.15) is 0 Å². The maximum absolute atomic E-state index is 12.1. The van der Waals surface area contributed by atoms with Crippen LogP contribution in [0.15, 0.2) is 0 Å². The topological polar surface area (TPSA) is 84.6 Å². The van der Waals surface area contributed by atoms with Gasteiger partial charge in [-0.15, -0.1) is 0 Å². The van der Waals surface area contributed by atoms with Gasteiger partial charge in [0.25, 0.3) is 0 Å². The van der Waals surface area contributed by atoms with Crippen molar-refractivity contribution < 1.29 is 14.6 Å². The lowest BCUT2D eigenvalue weighted by Gasteiger charge is -2.38. The van der Waals surface area contributed by atoms with Crippen LogP contribution in [0.25, 0.3) is 0 Å². The summed E-state index contributed by atoms with van der Waals surface area (Å²) < 4.78 is 5.25. The number of rotatable bonds is 5. The Balaban J connectivity index is 2.64. The Hall–Kier alpha value is -0.650. The number of nitrogens with two attached hydrogens (primary N) is 1. The van der Waals surface area contributed by atoms with Gasteiger partial charge in [0, 0.05) is 13.2 Å². The molecule has 0 aromatic rings. The van der Waals surface area contributed by atoms with Gasteiger partial charge in [0.1, 0.15) is 0 Å². The van der Waals surface area contributed by atoms with E-state index in [2.05, 4.69) is 5.32 Å². The van der Waals surface area contributed by atoms with Crippen LogP contribution in [-0.2, 0) is 9.53 Å². The summed E-state index contributed by atoms with van der Waals surface area (Å²) in [6.45, 7) is 4.79. The molecule has 0 aromatic carbocycles. The number of ether oxygens (including phenoxy) is 1. The molecule has 0 radical (unpaired) electrons. The van der Waals surface area contributed by atoms with Gasteiger partial charge < -0.3 is 20.9 Å². The number of aliphatic hydroxyl groups is 1. The second kappa shape index (κ2) is 5.80. The van der Waals surface area contributed by atoms with Gasteiger partial charge >= 0.3 is 0 Å². The van der Waals surface area contributed by atoms with E-state index in [1.165, 1.54) is 0 Å². The minimum Gasteiger partial charge on any atom is -0.394 e. The van der Waals surface area contributed by atoms with Crippen molar-refractivity contribution in [2.75, 3.05) is 19.8 Å². The quantitative estimate of drug-likeness (QED) is 0.643. The third-order valence-electron chi connectivity index (χ3n) is 3.42. The average molecular weight is 244 g/mol. The zero-order valence-corrected chi connectivity index (χ0v) is 10.8. The lowest BCUT2D eigenvalue weighted by molar-refractivity contribution is -0.130. The minimum atomic E-state index is -0.866. The summed E-state index contributed by atoms with van der Waals surface area (Å²) in [5.41, 5.74) is 4.56. The monoisotopic (exact) mass is 244 g/mol. The van der Waals surface area contributed by atoms with Crippen LogP contribution < -0.4 is 11.1 Å². The average Bonchev–Trinajstić information content (AvgIpc) is 2.30. The van der Waals surface area contributed by atoms with Crippen molar-refractivity contribution in [3.63, 3.8) is 0 Å². The van der Waals surface area contributed by atoms with E-state index >= 15 is 0 Å². The molecular weight excluding hydrogens is 220 g/mol. The molecule has 1 unspecified atom stereocenters. The van der Waals surface area contributed by atoms with E-state index < -0.39 is 11.1 Å². The molecule has 5 nitrogen and oxygen atoms in total. The normalized spacial score (nSPS) is 22.8. The number of carbonyl (C=O) groups excluding carboxylic acids is 1. The summed E-state index contributed by atoms with van der Waals surface area (Å²) in [6, 6.07) is 0. The number of aliphatic hydroxyl groups excluding tert-OH is 1. The van der Waals surface area contributed by atoms with E-state index in [-0.39, 0.29) is 12.5 Å². The summed E-state index contributed by atoms with van der Waals surface area (Å²) in [4.78, 5) is 12.1. The highest BCUT2D eigenvalue weighted by atomic mass is 16.5. The molecule has 0 spiro atoms. The first kappa shape index (κ1) is 14.4. The molecule has 0 aliphatic carbocycles. The first-order valence-electron chi connectivity index (χ1n) is 6.26. The third-order valence-corrected chi connectivity index (χ3v) is 3.42. The van der Waals surface area contributed by atoms with Crippen LogP contribution in [0.4, 0.5) is 0 Å². The largest absolute Gasteiger partial charge is 0.394 e. The second-order valence-corrected chi connectivity index (χ2v) is 5.17. The number of hydrogen-bond acceptors (Lipinski definition) is 4. The van der Waals surface area contributed by atoms with Gasteiger partial charge in [-0.25, -0.2) is 0 Å². The van der Waals surface area contributed by atoms with E-state index in [9.17, 15) is 9.90 Å². The molecule has 1 aliphatic heterocycles. The highest BCUT2D eigenvalue weighted by Crippen LogP contribution is 2.21. The molecule has 1 atom stereocenters. The van der Waals surface area contributed by atoms with Gasteiger partial charge in [-0.1, -0.05) is 13.3 Å². The Kier molecular flexibility index (Phi) is 4.91. The van der Waals surface area contributed by atoms with Gasteiger partial charge in [0.05, 0.1) is 17.7 Å². The number of carbonyl (C=O) groups is 1. The molecule has 0 aromatic heterocycles. The standard InChI is InChI=1S/C12H24N2O3/c1-3-4-11(2,13)10(16)14-12(9-15)5-7-17-8-6-12/h15H,3-9,13H2,1-2H3,(H,14,16). The van der Waals surface area contributed by atoms with Crippen molar-refractivity contribution in [3.05, 3.63) is 0 Å². The smallest absolute Gasteiger partial charge is 0.240 e. The molecule has 1 aliphatic rings. The molecular formula is C12H24N2O3. The Morgan fingerprint density at radius 2 is 2.12 bits per heavy atom. The van der Waals surface area contributed by atoms with E-state index in [0.717, 1.165) is 6.42 Å². The van der Waals surface area contributed by atoms with Crippen LogP contribution >= 0.6 is 0 Å². The van der Waals surface area contributed by atoms with Crippen LogP contribution in [0.2, 0.25) is 0 Å². The van der Waals surface area contributed by atoms with Gasteiger partial charge in [-0.3, -0.25) is 4.79 Å². The highest BCUT2D eigenvalue weighted by Gasteiger charge is 2.37. The molecule has 1 fully saturated rings. The summed E-state index contributed by atoms with van der Waals surface area (Å²) in [5, 5.41) is 12.4. The Labute approximate surface area is 103 Å². The van der Waals surface area contributed by atoms with Crippen molar-refractivity contribution >= 4 is 5.91 Å². The SMILES string of the molecule is CCCC(C)(N)C(=O)NC1(CO)CCOCC1. The second-order valence-electron chi connectivity index (χ2n) is 5.17. The highest BCUT2D eigenvalue weighted by molar-refractivity contribution is 5.86. The number of amides is 1. The fourth-order valence-electron chi connectivity index (χ4n) is 2.10. The molecule has 100 valence electrons. The van der Waals surface area contributed by atoms with Crippen molar-refractivity contribution in [2.45, 2.75) is 50.6 Å². The third kappa shape index (κ3) is 3.66. The molecule has 1 rings (SSSR count). The molecule has 4 N–H and O–H groups in total. The van der Waals surface area contributed by atoms with Crippen molar-refractivity contribution in [1.82, 2.24) is 5.32 Å². The van der Waals surface area contributed by atoms with Gasteiger partial charge in [0.2, 0.25) is 5.91 Å². The Morgan fingerprint density at radius 1 is 1.53 bits per heavy atom. The molecule has 5 heteroatoms. The maximum Gasteiger partial charge on any atom is 0.240 e.